The van der Waals surface area contributed by atoms with Gasteiger partial charge in [0, 0.05) is 24.7 Å². The fraction of sp³-hybridized carbons (Fsp3) is 1.00. The number of fused-ring (bicyclic) bond motifs is 2. The van der Waals surface area contributed by atoms with Crippen molar-refractivity contribution in [3.05, 3.63) is 0 Å². The van der Waals surface area contributed by atoms with Gasteiger partial charge in [-0.2, -0.15) is 0 Å². The van der Waals surface area contributed by atoms with E-state index in [4.69, 9.17) is 5.73 Å². The number of nitrogens with zero attached hydrogens (tertiary/aromatic N) is 1. The van der Waals surface area contributed by atoms with Crippen molar-refractivity contribution in [1.29, 1.82) is 0 Å². The van der Waals surface area contributed by atoms with Crippen molar-refractivity contribution in [2.45, 2.75) is 44.7 Å². The van der Waals surface area contributed by atoms with Gasteiger partial charge in [-0.3, -0.25) is 0 Å². The van der Waals surface area contributed by atoms with E-state index >= 15 is 0 Å². The molecule has 3 N–H and O–H groups in total. The lowest BCUT2D eigenvalue weighted by Crippen LogP contribution is -2.62. The summed E-state index contributed by atoms with van der Waals surface area (Å²) < 4.78 is 0. The van der Waals surface area contributed by atoms with Gasteiger partial charge in [-0.15, -0.1) is 0 Å². The average molecular weight is 211 g/mol. The number of rotatable bonds is 4. The zero-order valence-corrected chi connectivity index (χ0v) is 10.1. The lowest BCUT2D eigenvalue weighted by molar-refractivity contribution is 0.125. The number of hydrogen-bond acceptors (Lipinski definition) is 3. The van der Waals surface area contributed by atoms with E-state index in [0.717, 1.165) is 12.5 Å². The van der Waals surface area contributed by atoms with E-state index in [-0.39, 0.29) is 5.54 Å². The van der Waals surface area contributed by atoms with Crippen LogP contribution in [0.2, 0.25) is 0 Å². The number of piperidine rings is 1. The Morgan fingerprint density at radius 1 is 1.53 bits per heavy atom. The van der Waals surface area contributed by atoms with Gasteiger partial charge in [0.1, 0.15) is 0 Å². The number of hydrogen-bond donors (Lipinski definition) is 2. The molecule has 0 spiro atoms. The molecule has 0 aromatic heterocycles. The van der Waals surface area contributed by atoms with E-state index in [2.05, 4.69) is 24.1 Å². The summed E-state index contributed by atoms with van der Waals surface area (Å²) in [6.45, 7) is 9.10. The van der Waals surface area contributed by atoms with E-state index in [1.54, 1.807) is 0 Å². The normalized spacial score (nSPS) is 41.8. The molecule has 2 fully saturated rings. The molecule has 2 saturated heterocycles. The minimum Gasteiger partial charge on any atom is -0.329 e. The fourth-order valence-electron chi connectivity index (χ4n) is 3.16. The minimum atomic E-state index is 0.239. The van der Waals surface area contributed by atoms with Crippen LogP contribution in [0.4, 0.5) is 0 Å². The van der Waals surface area contributed by atoms with Gasteiger partial charge >= 0.3 is 0 Å². The molecule has 0 aliphatic carbocycles. The molecule has 0 aromatic carbocycles. The second-order valence-electron chi connectivity index (χ2n) is 5.35. The first-order chi connectivity index (χ1) is 7.20. The van der Waals surface area contributed by atoms with Crippen LogP contribution in [0.25, 0.3) is 0 Å². The standard InChI is InChI=1S/C12H25N3/c1-3-10(2)14-12(9-13)5-7-15-6-4-11(12)8-15/h10-11,14H,3-9,13H2,1-2H3. The summed E-state index contributed by atoms with van der Waals surface area (Å²) in [4.78, 5) is 2.58. The van der Waals surface area contributed by atoms with Gasteiger partial charge in [-0.05, 0) is 45.2 Å². The lowest BCUT2D eigenvalue weighted by Gasteiger charge is -2.44. The number of nitrogens with two attached hydrogens (primary N) is 1. The Hall–Kier alpha value is -0.120. The van der Waals surface area contributed by atoms with Crippen molar-refractivity contribution < 1.29 is 0 Å². The quantitative estimate of drug-likeness (QED) is 0.722. The molecule has 0 radical (unpaired) electrons. The van der Waals surface area contributed by atoms with E-state index < -0.39 is 0 Å². The Morgan fingerprint density at radius 3 is 3.00 bits per heavy atom. The van der Waals surface area contributed by atoms with E-state index in [1.807, 2.05) is 0 Å². The second kappa shape index (κ2) is 4.40. The van der Waals surface area contributed by atoms with Crippen LogP contribution in [-0.2, 0) is 0 Å². The highest BCUT2D eigenvalue weighted by Gasteiger charge is 2.45. The summed E-state index contributed by atoms with van der Waals surface area (Å²) >= 11 is 0. The van der Waals surface area contributed by atoms with Crippen LogP contribution < -0.4 is 11.1 Å². The third-order valence-electron chi connectivity index (χ3n) is 4.44. The molecule has 0 saturated carbocycles. The first-order valence-electron chi connectivity index (χ1n) is 6.40. The monoisotopic (exact) mass is 211 g/mol. The van der Waals surface area contributed by atoms with Gasteiger partial charge in [0.2, 0.25) is 0 Å². The molecule has 2 heterocycles. The van der Waals surface area contributed by atoms with Crippen LogP contribution in [0.3, 0.4) is 0 Å². The van der Waals surface area contributed by atoms with Crippen molar-refractivity contribution in [3.8, 4) is 0 Å². The van der Waals surface area contributed by atoms with Gasteiger partial charge < -0.3 is 16.0 Å². The van der Waals surface area contributed by atoms with Crippen molar-refractivity contribution in [1.82, 2.24) is 10.2 Å². The predicted molar refractivity (Wildman–Crippen MR) is 63.8 cm³/mol. The van der Waals surface area contributed by atoms with Crippen LogP contribution in [0, 0.1) is 5.92 Å². The lowest BCUT2D eigenvalue weighted by atomic mass is 9.78. The maximum absolute atomic E-state index is 6.04. The van der Waals surface area contributed by atoms with Crippen molar-refractivity contribution in [2.24, 2.45) is 11.7 Å². The SMILES string of the molecule is CCC(C)NC1(CN)CCN2CCC1C2. The van der Waals surface area contributed by atoms with E-state index in [9.17, 15) is 0 Å². The summed E-state index contributed by atoms with van der Waals surface area (Å²) in [6.07, 6.45) is 3.76. The molecule has 3 heteroatoms. The molecule has 0 amide bonds. The summed E-state index contributed by atoms with van der Waals surface area (Å²) in [5, 5.41) is 3.81. The molecule has 2 aliphatic heterocycles. The molecule has 2 aliphatic rings. The van der Waals surface area contributed by atoms with Crippen LogP contribution in [0.5, 0.6) is 0 Å². The molecule has 2 rings (SSSR count). The highest BCUT2D eigenvalue weighted by molar-refractivity contribution is 5.04. The number of nitrogens with one attached hydrogen (secondary N) is 1. The third-order valence-corrected chi connectivity index (χ3v) is 4.44. The van der Waals surface area contributed by atoms with Gasteiger partial charge in [0.15, 0.2) is 0 Å². The fourth-order valence-corrected chi connectivity index (χ4v) is 3.16. The van der Waals surface area contributed by atoms with Gasteiger partial charge in [-0.25, -0.2) is 0 Å². The summed E-state index contributed by atoms with van der Waals surface area (Å²) in [5.74, 6) is 0.783. The predicted octanol–water partition coefficient (Wildman–Crippen LogP) is 0.798. The van der Waals surface area contributed by atoms with E-state index in [1.165, 1.54) is 38.9 Å². The molecule has 3 nitrogen and oxygen atoms in total. The summed E-state index contributed by atoms with van der Waals surface area (Å²) in [7, 11) is 0. The molecule has 88 valence electrons. The molecule has 2 bridgehead atoms. The van der Waals surface area contributed by atoms with Gasteiger partial charge in [0.25, 0.3) is 0 Å². The zero-order chi connectivity index (χ0) is 10.9. The molecule has 15 heavy (non-hydrogen) atoms. The van der Waals surface area contributed by atoms with E-state index in [0.29, 0.717) is 6.04 Å². The maximum Gasteiger partial charge on any atom is 0.0359 e. The average Bonchev–Trinajstić information content (AvgIpc) is 2.67. The molecular formula is C12H25N3. The Balaban J connectivity index is 2.06. The Labute approximate surface area is 93.4 Å². The van der Waals surface area contributed by atoms with Gasteiger partial charge in [-0.1, -0.05) is 6.92 Å². The summed E-state index contributed by atoms with van der Waals surface area (Å²) in [6, 6.07) is 0.598. The topological polar surface area (TPSA) is 41.3 Å². The van der Waals surface area contributed by atoms with Crippen LogP contribution in [0.1, 0.15) is 33.1 Å². The molecule has 4 unspecified atom stereocenters. The third kappa shape index (κ3) is 2.05. The Bertz CT molecular complexity index is 219. The van der Waals surface area contributed by atoms with Crippen LogP contribution in [0.15, 0.2) is 0 Å². The highest BCUT2D eigenvalue weighted by atomic mass is 15.2. The first kappa shape index (κ1) is 11.4. The Morgan fingerprint density at radius 2 is 2.33 bits per heavy atom. The zero-order valence-electron chi connectivity index (χ0n) is 10.1. The smallest absolute Gasteiger partial charge is 0.0359 e. The second-order valence-corrected chi connectivity index (χ2v) is 5.35. The van der Waals surface area contributed by atoms with Crippen molar-refractivity contribution in [3.63, 3.8) is 0 Å². The first-order valence-corrected chi connectivity index (χ1v) is 6.40. The molecule has 0 aromatic rings. The summed E-state index contributed by atoms with van der Waals surface area (Å²) in [5.41, 5.74) is 6.28. The minimum absolute atomic E-state index is 0.239. The van der Waals surface area contributed by atoms with Crippen LogP contribution in [-0.4, -0.2) is 42.7 Å². The molecular weight excluding hydrogens is 186 g/mol. The van der Waals surface area contributed by atoms with Crippen molar-refractivity contribution >= 4 is 0 Å². The molecule has 4 atom stereocenters. The highest BCUT2D eigenvalue weighted by Crippen LogP contribution is 2.35. The van der Waals surface area contributed by atoms with Crippen LogP contribution >= 0.6 is 0 Å². The van der Waals surface area contributed by atoms with Gasteiger partial charge in [0.05, 0.1) is 0 Å². The van der Waals surface area contributed by atoms with Crippen molar-refractivity contribution in [2.75, 3.05) is 26.2 Å². The maximum atomic E-state index is 6.04. The Kier molecular flexibility index (Phi) is 3.33. The largest absolute Gasteiger partial charge is 0.329 e.